The number of carbonyl (C=O) groups is 3. The molecule has 15 heteroatoms. The van der Waals surface area contributed by atoms with Crippen LogP contribution in [0.1, 0.15) is 64.4 Å². The van der Waals surface area contributed by atoms with E-state index in [-0.39, 0.29) is 59.4 Å². The molecule has 4 fully saturated rings. The lowest BCUT2D eigenvalue weighted by Gasteiger charge is -2.32. The molecule has 15 nitrogen and oxygen atoms in total. The van der Waals surface area contributed by atoms with E-state index >= 15 is 0 Å². The van der Waals surface area contributed by atoms with E-state index in [2.05, 4.69) is 37.4 Å². The van der Waals surface area contributed by atoms with Crippen molar-refractivity contribution in [3.63, 3.8) is 0 Å². The largest absolute Gasteiger partial charge is 0.447 e. The topological polar surface area (TPSA) is 207 Å². The van der Waals surface area contributed by atoms with Crippen LogP contribution in [-0.4, -0.2) is 103 Å². The van der Waals surface area contributed by atoms with Gasteiger partial charge in [-0.3, -0.25) is 14.2 Å². The highest BCUT2D eigenvalue weighted by atomic mass is 16.6. The monoisotopic (exact) mass is 598 g/mol. The smallest absolute Gasteiger partial charge is 0.409 e. The fourth-order valence-corrected chi connectivity index (χ4v) is 5.19. The number of β-lactam (4-membered cyclic amide) rings is 1. The third kappa shape index (κ3) is 6.82. The molecule has 232 valence electrons. The second-order valence-electron chi connectivity index (χ2n) is 10.9. The molecule has 43 heavy (non-hydrogen) atoms. The van der Waals surface area contributed by atoms with Crippen molar-refractivity contribution < 1.29 is 34.1 Å². The van der Waals surface area contributed by atoms with Crippen molar-refractivity contribution >= 4 is 34.9 Å². The van der Waals surface area contributed by atoms with Crippen molar-refractivity contribution in [1.82, 2.24) is 35.1 Å². The minimum Gasteiger partial charge on any atom is -0.447 e. The van der Waals surface area contributed by atoms with E-state index in [0.29, 0.717) is 25.9 Å². The summed E-state index contributed by atoms with van der Waals surface area (Å²) in [6, 6.07) is -0.0131. The van der Waals surface area contributed by atoms with E-state index < -0.39 is 30.4 Å². The number of nitrogens with zero attached hydrogens (tertiary/aromatic N) is 5. The zero-order valence-corrected chi connectivity index (χ0v) is 24.2. The number of fused-ring (bicyclic) bond motifs is 1. The van der Waals surface area contributed by atoms with E-state index in [1.54, 1.807) is 4.90 Å². The van der Waals surface area contributed by atoms with Crippen LogP contribution < -0.4 is 16.4 Å². The molecule has 2 unspecified atom stereocenters. The second-order valence-corrected chi connectivity index (χ2v) is 10.9. The van der Waals surface area contributed by atoms with Gasteiger partial charge in [-0.25, -0.2) is 19.7 Å². The average Bonchev–Trinajstić information content (AvgIpc) is 3.63. The van der Waals surface area contributed by atoms with Gasteiger partial charge in [0.05, 0.1) is 18.8 Å². The lowest BCUT2D eigenvalue weighted by atomic mass is 9.94. The summed E-state index contributed by atoms with van der Waals surface area (Å²) in [7, 11) is 0. The fourth-order valence-electron chi connectivity index (χ4n) is 5.19. The molecule has 4 aliphatic rings. The molecule has 0 spiro atoms. The Labute approximate surface area is 248 Å². The molecule has 6 rings (SSSR count). The van der Waals surface area contributed by atoms with Crippen LogP contribution in [-0.2, 0) is 19.1 Å². The maximum absolute atomic E-state index is 12.5. The van der Waals surface area contributed by atoms with Gasteiger partial charge in [-0.2, -0.15) is 0 Å². The summed E-state index contributed by atoms with van der Waals surface area (Å²) < 4.78 is 12.5. The molecule has 6 N–H and O–H groups in total. The van der Waals surface area contributed by atoms with Crippen LogP contribution in [0.3, 0.4) is 0 Å². The van der Waals surface area contributed by atoms with E-state index in [1.807, 2.05) is 13.8 Å². The molecule has 0 aromatic carbocycles. The van der Waals surface area contributed by atoms with Crippen molar-refractivity contribution in [2.45, 2.75) is 89.0 Å². The molecule has 2 aromatic rings. The normalized spacial score (nSPS) is 26.8. The first-order chi connectivity index (χ1) is 20.8. The molecule has 3 amide bonds. The minimum absolute atomic E-state index is 0.0314. The number of anilines is 1. The van der Waals surface area contributed by atoms with Crippen LogP contribution >= 0.6 is 0 Å². The van der Waals surface area contributed by atoms with Gasteiger partial charge in [0.1, 0.15) is 24.3 Å². The number of nitrogen functional groups attached to an aromatic ring is 1. The van der Waals surface area contributed by atoms with Gasteiger partial charge in [-0.15, -0.1) is 0 Å². The first-order valence-electron chi connectivity index (χ1n) is 14.8. The van der Waals surface area contributed by atoms with Crippen LogP contribution in [0.15, 0.2) is 6.33 Å². The number of aromatic nitrogens is 4. The SMILES string of the molecule is CC.Nc1nc(C#CCC2CCN(C(=O)OCC3CC(=O)N3)CC2)nc2c1ncn2[C@@H]1O[C@H](C(=O)NC2CC2)C(O)[C@@H]1O. The number of imidazole rings is 1. The predicted molar refractivity (Wildman–Crippen MR) is 152 cm³/mol. The van der Waals surface area contributed by atoms with Crippen molar-refractivity contribution in [1.29, 1.82) is 0 Å². The summed E-state index contributed by atoms with van der Waals surface area (Å²) in [5.41, 5.74) is 6.65. The molecular weight excluding hydrogens is 560 g/mol. The Kier molecular flexibility index (Phi) is 9.28. The van der Waals surface area contributed by atoms with Gasteiger partial charge in [0, 0.05) is 25.6 Å². The quantitative estimate of drug-likeness (QED) is 0.218. The number of amides is 3. The number of hydrogen-bond donors (Lipinski definition) is 5. The maximum atomic E-state index is 12.5. The molecule has 5 heterocycles. The number of aliphatic hydroxyl groups is 2. The number of carbonyl (C=O) groups excluding carboxylic acids is 3. The molecule has 2 aromatic heterocycles. The number of ether oxygens (including phenoxy) is 2. The lowest BCUT2D eigenvalue weighted by molar-refractivity contribution is -0.137. The van der Waals surface area contributed by atoms with Crippen molar-refractivity contribution in [2.24, 2.45) is 5.92 Å². The number of hydrogen-bond acceptors (Lipinski definition) is 11. The summed E-state index contributed by atoms with van der Waals surface area (Å²) in [5.74, 6) is 6.08. The zero-order valence-electron chi connectivity index (χ0n) is 24.2. The Morgan fingerprint density at radius 3 is 2.58 bits per heavy atom. The third-order valence-electron chi connectivity index (χ3n) is 7.81. The van der Waals surface area contributed by atoms with Gasteiger partial charge in [-0.05, 0) is 37.5 Å². The van der Waals surface area contributed by atoms with Gasteiger partial charge in [0.2, 0.25) is 11.7 Å². The Bertz CT molecular complexity index is 1400. The van der Waals surface area contributed by atoms with Gasteiger partial charge >= 0.3 is 6.09 Å². The zero-order chi connectivity index (χ0) is 30.7. The molecule has 3 aliphatic heterocycles. The Balaban J connectivity index is 0.00000180. The third-order valence-corrected chi connectivity index (χ3v) is 7.81. The maximum Gasteiger partial charge on any atom is 0.409 e. The lowest BCUT2D eigenvalue weighted by Crippen LogP contribution is -2.52. The molecule has 5 atom stereocenters. The summed E-state index contributed by atoms with van der Waals surface area (Å²) in [6.07, 6.45) is 0.106. The Morgan fingerprint density at radius 1 is 1.19 bits per heavy atom. The van der Waals surface area contributed by atoms with Gasteiger partial charge in [0.15, 0.2) is 23.8 Å². The van der Waals surface area contributed by atoms with Crippen molar-refractivity contribution in [3.05, 3.63) is 12.2 Å². The molecule has 3 saturated heterocycles. The predicted octanol–water partition coefficient (Wildman–Crippen LogP) is -0.189. The van der Waals surface area contributed by atoms with E-state index in [4.69, 9.17) is 15.2 Å². The second kappa shape index (κ2) is 13.1. The Hall–Kier alpha value is -4.00. The number of aliphatic hydroxyl groups excluding tert-OH is 2. The fraction of sp³-hybridized carbons (Fsp3) is 0.643. The average molecular weight is 599 g/mol. The van der Waals surface area contributed by atoms with E-state index in [0.717, 1.165) is 25.7 Å². The van der Waals surface area contributed by atoms with Gasteiger partial charge in [-0.1, -0.05) is 19.8 Å². The van der Waals surface area contributed by atoms with Crippen LogP contribution in [0.5, 0.6) is 0 Å². The molecule has 1 aliphatic carbocycles. The van der Waals surface area contributed by atoms with Crippen LogP contribution in [0.2, 0.25) is 0 Å². The summed E-state index contributed by atoms with van der Waals surface area (Å²) in [4.78, 5) is 50.3. The number of likely N-dealkylation sites (tertiary alicyclic amines) is 1. The number of nitrogens with one attached hydrogen (secondary N) is 2. The highest BCUT2D eigenvalue weighted by Gasteiger charge is 2.48. The highest BCUT2D eigenvalue weighted by Crippen LogP contribution is 2.33. The number of rotatable bonds is 6. The van der Waals surface area contributed by atoms with E-state index in [1.165, 1.54) is 10.9 Å². The first-order valence-corrected chi connectivity index (χ1v) is 14.8. The molecule has 0 radical (unpaired) electrons. The van der Waals surface area contributed by atoms with Crippen LogP contribution in [0, 0.1) is 17.8 Å². The number of piperidine rings is 1. The first kappa shape index (κ1) is 30.5. The van der Waals surface area contributed by atoms with Crippen LogP contribution in [0.4, 0.5) is 10.6 Å². The number of nitrogens with two attached hydrogens (primary N) is 1. The summed E-state index contributed by atoms with van der Waals surface area (Å²) >= 11 is 0. The van der Waals surface area contributed by atoms with Crippen molar-refractivity contribution in [3.8, 4) is 11.8 Å². The molecular formula is C28H38N8O7. The minimum atomic E-state index is -1.42. The van der Waals surface area contributed by atoms with Gasteiger partial charge in [0.25, 0.3) is 5.91 Å². The van der Waals surface area contributed by atoms with Gasteiger partial charge < -0.3 is 41.0 Å². The summed E-state index contributed by atoms with van der Waals surface area (Å²) in [5, 5.41) is 26.6. The van der Waals surface area contributed by atoms with Crippen molar-refractivity contribution in [2.75, 3.05) is 25.4 Å². The Morgan fingerprint density at radius 2 is 1.91 bits per heavy atom. The van der Waals surface area contributed by atoms with Crippen LogP contribution in [0.25, 0.3) is 11.2 Å². The highest BCUT2D eigenvalue weighted by molar-refractivity contribution is 5.84. The molecule has 0 bridgehead atoms. The molecule has 1 saturated carbocycles. The van der Waals surface area contributed by atoms with E-state index in [9.17, 15) is 24.6 Å². The standard InChI is InChI=1S/C26H32N8O7.C2H6/c27-22-18-23(34(12-28-18)25-20(37)19(36)21(41-25)24(38)30-14-4-5-14)32-16(31-22)3-1-2-13-6-8-33(9-7-13)26(39)40-11-15-10-17(35)29-15;1-2/h12-15,19-21,25,36-37H,2,4-11H2,(H,29,35)(H,30,38)(H2,27,31,32);1-2H3/t15?,19?,20-,21-,25+;/m0./s1. The summed E-state index contributed by atoms with van der Waals surface area (Å²) in [6.45, 7) is 5.31.